The fourth-order valence-electron chi connectivity index (χ4n) is 3.69. The number of hydrogen-bond acceptors (Lipinski definition) is 1. The topological polar surface area (TPSA) is 12.0 Å². The highest BCUT2D eigenvalue weighted by Gasteiger charge is 2.26. The van der Waals surface area contributed by atoms with Crippen LogP contribution in [0.5, 0.6) is 0 Å². The molecule has 1 unspecified atom stereocenters. The van der Waals surface area contributed by atoms with Crippen LogP contribution in [0, 0.1) is 0 Å². The van der Waals surface area contributed by atoms with Gasteiger partial charge in [0, 0.05) is 0 Å². The van der Waals surface area contributed by atoms with Gasteiger partial charge < -0.3 is 5.32 Å². The Balaban J connectivity index is 2.02. The molecule has 0 amide bonds. The quantitative estimate of drug-likeness (QED) is 0.821. The zero-order valence-corrected chi connectivity index (χ0v) is 10.9. The van der Waals surface area contributed by atoms with E-state index in [0.29, 0.717) is 0 Å². The first kappa shape index (κ1) is 11.3. The van der Waals surface area contributed by atoms with Crippen LogP contribution in [0.25, 0.3) is 0 Å². The van der Waals surface area contributed by atoms with E-state index in [4.69, 9.17) is 0 Å². The third-order valence-corrected chi connectivity index (χ3v) is 4.47. The van der Waals surface area contributed by atoms with E-state index in [1.165, 1.54) is 45.1 Å². The van der Waals surface area contributed by atoms with Gasteiger partial charge in [0.25, 0.3) is 0 Å². The van der Waals surface area contributed by atoms with Crippen LogP contribution < -0.4 is 5.32 Å². The molecule has 2 aliphatic rings. The summed E-state index contributed by atoms with van der Waals surface area (Å²) in [6.45, 7) is 4.65. The summed E-state index contributed by atoms with van der Waals surface area (Å²) in [4.78, 5) is 0. The second-order valence-corrected chi connectivity index (χ2v) is 5.55. The van der Waals surface area contributed by atoms with Gasteiger partial charge in [0.1, 0.15) is 0 Å². The largest absolute Gasteiger partial charge is 0.316 e. The molecule has 1 aromatic rings. The normalized spacial score (nSPS) is 23.0. The number of nitrogens with one attached hydrogen (secondary N) is 1. The minimum atomic E-state index is 0.864. The molecule has 1 heteroatoms. The summed E-state index contributed by atoms with van der Waals surface area (Å²) >= 11 is 0. The summed E-state index contributed by atoms with van der Waals surface area (Å²) in [6, 6.07) is 4.81. The highest BCUT2D eigenvalue weighted by molar-refractivity contribution is 5.47. The van der Waals surface area contributed by atoms with Gasteiger partial charge in [-0.2, -0.15) is 0 Å². The molecule has 1 heterocycles. The van der Waals surface area contributed by atoms with E-state index in [2.05, 4.69) is 24.4 Å². The molecule has 92 valence electrons. The zero-order chi connectivity index (χ0) is 11.7. The van der Waals surface area contributed by atoms with Crippen molar-refractivity contribution in [3.8, 4) is 0 Å². The van der Waals surface area contributed by atoms with Crippen molar-refractivity contribution in [3.05, 3.63) is 34.4 Å². The zero-order valence-electron chi connectivity index (χ0n) is 10.9. The Morgan fingerprint density at radius 2 is 1.94 bits per heavy atom. The van der Waals surface area contributed by atoms with Crippen molar-refractivity contribution in [2.45, 2.75) is 51.4 Å². The second kappa shape index (κ2) is 4.81. The minimum absolute atomic E-state index is 0.864. The second-order valence-electron chi connectivity index (χ2n) is 5.55. The van der Waals surface area contributed by atoms with Gasteiger partial charge >= 0.3 is 0 Å². The van der Waals surface area contributed by atoms with Crippen LogP contribution in [-0.4, -0.2) is 13.1 Å². The van der Waals surface area contributed by atoms with Gasteiger partial charge in [0.2, 0.25) is 0 Å². The Kier molecular flexibility index (Phi) is 3.19. The summed E-state index contributed by atoms with van der Waals surface area (Å²) in [5.74, 6) is 0.864. The first-order valence-corrected chi connectivity index (χ1v) is 7.24. The molecule has 0 saturated heterocycles. The Hall–Kier alpha value is -0.820. The first-order chi connectivity index (χ1) is 8.40. The van der Waals surface area contributed by atoms with Crippen LogP contribution >= 0.6 is 0 Å². The average Bonchev–Trinajstić information content (AvgIpc) is 2.61. The van der Waals surface area contributed by atoms with Gasteiger partial charge in [0.05, 0.1) is 0 Å². The van der Waals surface area contributed by atoms with Crippen molar-refractivity contribution in [1.82, 2.24) is 5.32 Å². The lowest BCUT2D eigenvalue weighted by Crippen LogP contribution is -2.16. The highest BCUT2D eigenvalue weighted by atomic mass is 14.8. The molecule has 1 nitrogen and oxygen atoms in total. The number of aryl methyl sites for hydroxylation is 1. The van der Waals surface area contributed by atoms with E-state index < -0.39 is 0 Å². The van der Waals surface area contributed by atoms with Gasteiger partial charge in [-0.05, 0) is 73.4 Å². The van der Waals surface area contributed by atoms with Gasteiger partial charge in [-0.1, -0.05) is 25.5 Å². The Bertz CT molecular complexity index is 406. The summed E-state index contributed by atoms with van der Waals surface area (Å²) in [5.41, 5.74) is 6.75. The lowest BCUT2D eigenvalue weighted by atomic mass is 9.88. The number of rotatable bonds is 2. The van der Waals surface area contributed by atoms with E-state index in [0.717, 1.165) is 12.5 Å². The van der Waals surface area contributed by atoms with E-state index in [-0.39, 0.29) is 0 Å². The van der Waals surface area contributed by atoms with E-state index >= 15 is 0 Å². The molecule has 0 bridgehead atoms. The fraction of sp³-hybridized carbons (Fsp3) is 0.625. The Morgan fingerprint density at radius 1 is 1.12 bits per heavy atom. The molecule has 0 saturated carbocycles. The molecule has 0 aromatic heterocycles. The van der Waals surface area contributed by atoms with Gasteiger partial charge in [-0.15, -0.1) is 0 Å². The van der Waals surface area contributed by atoms with Gasteiger partial charge in [-0.25, -0.2) is 0 Å². The Morgan fingerprint density at radius 3 is 2.82 bits per heavy atom. The summed E-state index contributed by atoms with van der Waals surface area (Å²) in [7, 11) is 0. The van der Waals surface area contributed by atoms with Crippen molar-refractivity contribution >= 4 is 0 Å². The maximum atomic E-state index is 3.53. The number of benzene rings is 1. The molecule has 0 radical (unpaired) electrons. The molecular formula is C16H23N. The average molecular weight is 229 g/mol. The molecule has 1 N–H and O–H groups in total. The van der Waals surface area contributed by atoms with E-state index in [9.17, 15) is 0 Å². The smallest absolute Gasteiger partial charge is 0.000801 e. The molecule has 1 atom stereocenters. The molecule has 17 heavy (non-hydrogen) atoms. The lowest BCUT2D eigenvalue weighted by Gasteiger charge is -2.17. The van der Waals surface area contributed by atoms with E-state index in [1.807, 2.05) is 0 Å². The Labute approximate surface area is 105 Å². The molecule has 1 aromatic carbocycles. The SMILES string of the molecule is CCCC1CCc2ccc3c(c21)CCNCC3. The summed E-state index contributed by atoms with van der Waals surface area (Å²) < 4.78 is 0. The van der Waals surface area contributed by atoms with Crippen molar-refractivity contribution in [1.29, 1.82) is 0 Å². The molecule has 3 rings (SSSR count). The van der Waals surface area contributed by atoms with Crippen LogP contribution in [0.3, 0.4) is 0 Å². The molecule has 1 aliphatic carbocycles. The number of fused-ring (bicyclic) bond motifs is 3. The fourth-order valence-corrected chi connectivity index (χ4v) is 3.69. The standard InChI is InChI=1S/C16H23N/c1-2-3-13-6-7-14-5-4-12-8-10-17-11-9-15(12)16(13)14/h4-5,13,17H,2-3,6-11H2,1H3. The van der Waals surface area contributed by atoms with Crippen molar-refractivity contribution in [3.63, 3.8) is 0 Å². The third kappa shape index (κ3) is 2.01. The minimum Gasteiger partial charge on any atom is -0.316 e. The maximum Gasteiger partial charge on any atom is -0.000801 e. The van der Waals surface area contributed by atoms with Crippen LogP contribution in [0.15, 0.2) is 12.1 Å². The van der Waals surface area contributed by atoms with Crippen LogP contribution in [0.2, 0.25) is 0 Å². The van der Waals surface area contributed by atoms with Gasteiger partial charge in [0.15, 0.2) is 0 Å². The summed E-state index contributed by atoms with van der Waals surface area (Å²) in [5, 5.41) is 3.53. The van der Waals surface area contributed by atoms with Gasteiger partial charge in [-0.3, -0.25) is 0 Å². The predicted octanol–water partition coefficient (Wildman–Crippen LogP) is 3.20. The molecule has 0 fully saturated rings. The van der Waals surface area contributed by atoms with Crippen LogP contribution in [0.4, 0.5) is 0 Å². The van der Waals surface area contributed by atoms with Crippen molar-refractivity contribution in [2.75, 3.05) is 13.1 Å². The third-order valence-electron chi connectivity index (χ3n) is 4.47. The van der Waals surface area contributed by atoms with Crippen molar-refractivity contribution < 1.29 is 0 Å². The lowest BCUT2D eigenvalue weighted by molar-refractivity contribution is 0.603. The van der Waals surface area contributed by atoms with Crippen LogP contribution in [0.1, 0.15) is 54.4 Å². The number of hydrogen-bond donors (Lipinski definition) is 1. The maximum absolute atomic E-state index is 3.53. The molecular weight excluding hydrogens is 206 g/mol. The highest BCUT2D eigenvalue weighted by Crippen LogP contribution is 2.40. The van der Waals surface area contributed by atoms with Crippen LogP contribution in [-0.2, 0) is 19.3 Å². The van der Waals surface area contributed by atoms with E-state index in [1.54, 1.807) is 22.3 Å². The predicted molar refractivity (Wildman–Crippen MR) is 72.7 cm³/mol. The van der Waals surface area contributed by atoms with Crippen molar-refractivity contribution in [2.24, 2.45) is 0 Å². The molecule has 0 spiro atoms. The summed E-state index contributed by atoms with van der Waals surface area (Å²) in [6.07, 6.45) is 7.90. The monoisotopic (exact) mass is 229 g/mol. The molecule has 1 aliphatic heterocycles. The first-order valence-electron chi connectivity index (χ1n) is 7.24.